The van der Waals surface area contributed by atoms with E-state index in [9.17, 15) is 14.4 Å². The van der Waals surface area contributed by atoms with Crippen LogP contribution in [0.15, 0.2) is 24.5 Å². The summed E-state index contributed by atoms with van der Waals surface area (Å²) in [6.07, 6.45) is 2.24. The minimum absolute atomic E-state index is 0.201. The molecule has 3 atom stereocenters. The molecule has 2 aliphatic rings. The van der Waals surface area contributed by atoms with Crippen LogP contribution in [0.3, 0.4) is 0 Å². The molecule has 3 unspecified atom stereocenters. The number of nitrogens with zero attached hydrogens (tertiary/aromatic N) is 2. The Labute approximate surface area is 113 Å². The zero-order chi connectivity index (χ0) is 14.3. The zero-order valence-corrected chi connectivity index (χ0v) is 10.4. The maximum atomic E-state index is 11.9. The molecule has 1 aromatic rings. The van der Waals surface area contributed by atoms with Gasteiger partial charge >= 0.3 is 0 Å². The van der Waals surface area contributed by atoms with Crippen LogP contribution in [0.5, 0.6) is 0 Å². The van der Waals surface area contributed by atoms with Crippen LogP contribution in [-0.2, 0) is 19.2 Å². The fraction of sp³-hybridized carbons (Fsp3) is 0.333. The molecule has 1 aromatic heterocycles. The topological polar surface area (TPSA) is 115 Å². The highest BCUT2D eigenvalue weighted by Gasteiger charge is 2.56. The maximum absolute atomic E-state index is 11.9. The van der Waals surface area contributed by atoms with Gasteiger partial charge in [-0.1, -0.05) is 6.07 Å². The largest absolute Gasteiger partial charge is 0.368 e. The van der Waals surface area contributed by atoms with Gasteiger partial charge in [0.15, 0.2) is 6.10 Å². The lowest BCUT2D eigenvalue weighted by atomic mass is 9.92. The molecule has 0 spiro atoms. The third-order valence-corrected chi connectivity index (χ3v) is 3.37. The Kier molecular flexibility index (Phi) is 2.96. The number of carbonyl (C=O) groups excluding carboxylic acids is 3. The van der Waals surface area contributed by atoms with Gasteiger partial charge in [0, 0.05) is 12.4 Å². The second kappa shape index (κ2) is 4.66. The van der Waals surface area contributed by atoms with Crippen molar-refractivity contribution < 1.29 is 19.2 Å². The summed E-state index contributed by atoms with van der Waals surface area (Å²) in [5, 5.41) is 3.51. The molecule has 0 radical (unpaired) electrons. The SMILES string of the molecule is NC(=O)CN1OC2C(=O)NC(=O)C2C1c1cccnc1. The number of nitrogens with one attached hydrogen (secondary N) is 1. The number of pyridine rings is 1. The van der Waals surface area contributed by atoms with Crippen molar-refractivity contribution in [1.82, 2.24) is 15.4 Å². The fourth-order valence-corrected chi connectivity index (χ4v) is 2.60. The number of hydrogen-bond acceptors (Lipinski definition) is 6. The summed E-state index contributed by atoms with van der Waals surface area (Å²) in [5.41, 5.74) is 5.86. The fourth-order valence-electron chi connectivity index (χ4n) is 2.60. The number of amides is 3. The Morgan fingerprint density at radius 1 is 1.45 bits per heavy atom. The number of hydroxylamine groups is 2. The first-order chi connectivity index (χ1) is 9.58. The minimum Gasteiger partial charge on any atom is -0.368 e. The summed E-state index contributed by atoms with van der Waals surface area (Å²) in [6, 6.07) is 2.90. The summed E-state index contributed by atoms with van der Waals surface area (Å²) in [5.74, 6) is -2.22. The molecule has 0 bridgehead atoms. The van der Waals surface area contributed by atoms with E-state index in [1.54, 1.807) is 24.5 Å². The van der Waals surface area contributed by atoms with Gasteiger partial charge in [-0.2, -0.15) is 5.06 Å². The third kappa shape index (κ3) is 1.95. The van der Waals surface area contributed by atoms with E-state index >= 15 is 0 Å². The minimum atomic E-state index is -0.924. The lowest BCUT2D eigenvalue weighted by Gasteiger charge is -2.23. The van der Waals surface area contributed by atoms with Gasteiger partial charge in [-0.3, -0.25) is 29.5 Å². The first-order valence-corrected chi connectivity index (χ1v) is 6.04. The highest BCUT2D eigenvalue weighted by Crippen LogP contribution is 2.41. The van der Waals surface area contributed by atoms with E-state index in [1.807, 2.05) is 0 Å². The molecule has 3 N–H and O–H groups in total. The van der Waals surface area contributed by atoms with Crippen molar-refractivity contribution in [3.8, 4) is 0 Å². The molecule has 2 fully saturated rings. The van der Waals surface area contributed by atoms with Crippen LogP contribution in [0.1, 0.15) is 11.6 Å². The monoisotopic (exact) mass is 276 g/mol. The predicted octanol–water partition coefficient (Wildman–Crippen LogP) is -1.50. The van der Waals surface area contributed by atoms with Gasteiger partial charge in [-0.15, -0.1) is 0 Å². The lowest BCUT2D eigenvalue weighted by Crippen LogP contribution is -2.37. The van der Waals surface area contributed by atoms with Crippen molar-refractivity contribution in [3.05, 3.63) is 30.1 Å². The first-order valence-electron chi connectivity index (χ1n) is 6.04. The van der Waals surface area contributed by atoms with Crippen molar-refractivity contribution in [2.24, 2.45) is 11.7 Å². The van der Waals surface area contributed by atoms with Crippen molar-refractivity contribution in [2.45, 2.75) is 12.1 Å². The average molecular weight is 276 g/mol. The molecule has 2 saturated heterocycles. The molecule has 0 saturated carbocycles. The number of primary amides is 1. The van der Waals surface area contributed by atoms with Gasteiger partial charge < -0.3 is 5.73 Å². The van der Waals surface area contributed by atoms with Crippen molar-refractivity contribution in [3.63, 3.8) is 0 Å². The normalized spacial score (nSPS) is 29.3. The standard InChI is InChI=1S/C12H12N4O4/c13-7(17)5-16-9(6-2-1-3-14-4-6)8-10(20-16)12(19)15-11(8)18/h1-4,8-10H,5H2,(H2,13,17)(H,15,18,19). The van der Waals surface area contributed by atoms with E-state index in [1.165, 1.54) is 5.06 Å². The van der Waals surface area contributed by atoms with E-state index in [-0.39, 0.29) is 6.54 Å². The summed E-state index contributed by atoms with van der Waals surface area (Å²) in [7, 11) is 0. The molecule has 0 aliphatic carbocycles. The number of hydrogen-bond donors (Lipinski definition) is 2. The number of fused-ring (bicyclic) bond motifs is 1. The van der Waals surface area contributed by atoms with Crippen LogP contribution in [0.4, 0.5) is 0 Å². The van der Waals surface area contributed by atoms with Gasteiger partial charge in [-0.05, 0) is 11.6 Å². The molecular formula is C12H12N4O4. The van der Waals surface area contributed by atoms with Gasteiger partial charge in [-0.25, -0.2) is 0 Å². The lowest BCUT2D eigenvalue weighted by molar-refractivity contribution is -0.176. The van der Waals surface area contributed by atoms with Crippen molar-refractivity contribution in [1.29, 1.82) is 0 Å². The molecule has 8 heteroatoms. The molecule has 8 nitrogen and oxygen atoms in total. The number of nitrogens with two attached hydrogens (primary N) is 1. The molecule has 0 aromatic carbocycles. The van der Waals surface area contributed by atoms with Crippen LogP contribution < -0.4 is 11.1 Å². The van der Waals surface area contributed by atoms with E-state index < -0.39 is 35.8 Å². The van der Waals surface area contributed by atoms with Gasteiger partial charge in [0.05, 0.1) is 12.0 Å². The summed E-state index contributed by atoms with van der Waals surface area (Å²) >= 11 is 0. The van der Waals surface area contributed by atoms with E-state index in [0.717, 1.165) is 0 Å². The summed E-state index contributed by atoms with van der Waals surface area (Å²) < 4.78 is 0. The molecule has 2 aliphatic heterocycles. The maximum Gasteiger partial charge on any atom is 0.258 e. The summed E-state index contributed by atoms with van der Waals surface area (Å²) in [6.45, 7) is -0.201. The van der Waals surface area contributed by atoms with E-state index in [0.29, 0.717) is 5.56 Å². The van der Waals surface area contributed by atoms with Crippen molar-refractivity contribution >= 4 is 17.7 Å². The highest BCUT2D eigenvalue weighted by molar-refractivity contribution is 6.07. The van der Waals surface area contributed by atoms with Crippen LogP contribution in [0.2, 0.25) is 0 Å². The molecular weight excluding hydrogens is 264 g/mol. The van der Waals surface area contributed by atoms with Gasteiger partial charge in [0.2, 0.25) is 11.8 Å². The molecule has 3 heterocycles. The Balaban J connectivity index is 1.98. The van der Waals surface area contributed by atoms with Crippen molar-refractivity contribution in [2.75, 3.05) is 6.54 Å². The Bertz CT molecular complexity index is 576. The predicted molar refractivity (Wildman–Crippen MR) is 64.4 cm³/mol. The van der Waals surface area contributed by atoms with E-state index in [4.69, 9.17) is 10.6 Å². The molecule has 3 amide bonds. The van der Waals surface area contributed by atoms with E-state index in [2.05, 4.69) is 10.3 Å². The second-order valence-electron chi connectivity index (χ2n) is 4.68. The Morgan fingerprint density at radius 3 is 2.90 bits per heavy atom. The molecule has 104 valence electrons. The Hall–Kier alpha value is -2.32. The quantitative estimate of drug-likeness (QED) is 0.649. The summed E-state index contributed by atoms with van der Waals surface area (Å²) in [4.78, 5) is 44.1. The third-order valence-electron chi connectivity index (χ3n) is 3.37. The number of imide groups is 1. The smallest absolute Gasteiger partial charge is 0.258 e. The highest BCUT2D eigenvalue weighted by atomic mass is 16.7. The average Bonchev–Trinajstić information content (AvgIpc) is 2.89. The van der Waals surface area contributed by atoms with Gasteiger partial charge in [0.25, 0.3) is 5.91 Å². The number of rotatable bonds is 3. The zero-order valence-electron chi connectivity index (χ0n) is 10.4. The number of aromatic nitrogens is 1. The van der Waals surface area contributed by atoms with Crippen LogP contribution in [-0.4, -0.2) is 40.4 Å². The Morgan fingerprint density at radius 2 is 2.25 bits per heavy atom. The van der Waals surface area contributed by atoms with Crippen LogP contribution in [0.25, 0.3) is 0 Å². The number of carbonyl (C=O) groups is 3. The van der Waals surface area contributed by atoms with Crippen LogP contribution >= 0.6 is 0 Å². The second-order valence-corrected chi connectivity index (χ2v) is 4.68. The molecule has 3 rings (SSSR count). The molecule has 20 heavy (non-hydrogen) atoms. The first kappa shape index (κ1) is 12.7. The van der Waals surface area contributed by atoms with Gasteiger partial charge in [0.1, 0.15) is 6.54 Å². The van der Waals surface area contributed by atoms with Crippen LogP contribution in [0, 0.1) is 5.92 Å².